The molecule has 2 aromatic carbocycles. The molecule has 0 saturated carbocycles. The van der Waals surface area contributed by atoms with E-state index in [9.17, 15) is 14.0 Å². The minimum absolute atomic E-state index is 0.0279. The largest absolute Gasteiger partial charge is 0.348 e. The molecule has 2 aromatic rings. The standard InChI is InChI=1S/C17H16BrFN2O2/c1-21(2)17(23)12-5-3-4-11(8-12)10-20-16(22)14-9-13(18)6-7-15(14)19/h3-9H,10H2,1-2H3,(H,20,22). The minimum atomic E-state index is -0.581. The molecule has 1 N–H and O–H groups in total. The summed E-state index contributed by atoms with van der Waals surface area (Å²) in [7, 11) is 3.35. The van der Waals surface area contributed by atoms with Gasteiger partial charge in [-0.05, 0) is 35.9 Å². The zero-order valence-electron chi connectivity index (χ0n) is 12.8. The first-order chi connectivity index (χ1) is 10.9. The Morgan fingerprint density at radius 2 is 1.91 bits per heavy atom. The van der Waals surface area contributed by atoms with Crippen molar-refractivity contribution in [1.29, 1.82) is 0 Å². The fourth-order valence-corrected chi connectivity index (χ4v) is 2.38. The molecule has 6 heteroatoms. The first kappa shape index (κ1) is 17.1. The molecule has 2 amide bonds. The van der Waals surface area contributed by atoms with Gasteiger partial charge < -0.3 is 10.2 Å². The Hall–Kier alpha value is -2.21. The number of hydrogen-bond acceptors (Lipinski definition) is 2. The maximum Gasteiger partial charge on any atom is 0.254 e. The molecule has 0 radical (unpaired) electrons. The summed E-state index contributed by atoms with van der Waals surface area (Å²) in [6, 6.07) is 11.2. The van der Waals surface area contributed by atoms with Crippen LogP contribution in [-0.4, -0.2) is 30.8 Å². The van der Waals surface area contributed by atoms with E-state index in [0.29, 0.717) is 10.0 Å². The fourth-order valence-electron chi connectivity index (χ4n) is 2.02. The highest BCUT2D eigenvalue weighted by molar-refractivity contribution is 9.10. The molecule has 0 heterocycles. The summed E-state index contributed by atoms with van der Waals surface area (Å²) in [5.41, 5.74) is 1.27. The summed E-state index contributed by atoms with van der Waals surface area (Å²) in [4.78, 5) is 25.5. The van der Waals surface area contributed by atoms with Gasteiger partial charge in [0.2, 0.25) is 0 Å². The predicted molar refractivity (Wildman–Crippen MR) is 89.7 cm³/mol. The third-order valence-corrected chi connectivity index (χ3v) is 3.70. The predicted octanol–water partition coefficient (Wildman–Crippen LogP) is 3.22. The second-order valence-corrected chi connectivity index (χ2v) is 6.12. The van der Waals surface area contributed by atoms with Crippen LogP contribution in [0.15, 0.2) is 46.9 Å². The quantitative estimate of drug-likeness (QED) is 0.887. The number of rotatable bonds is 4. The van der Waals surface area contributed by atoms with Crippen LogP contribution in [0.25, 0.3) is 0 Å². The third-order valence-electron chi connectivity index (χ3n) is 3.21. The summed E-state index contributed by atoms with van der Waals surface area (Å²) in [6.07, 6.45) is 0. The van der Waals surface area contributed by atoms with E-state index in [2.05, 4.69) is 21.2 Å². The van der Waals surface area contributed by atoms with Crippen LogP contribution >= 0.6 is 15.9 Å². The van der Waals surface area contributed by atoms with Gasteiger partial charge >= 0.3 is 0 Å². The number of nitrogens with zero attached hydrogens (tertiary/aromatic N) is 1. The first-order valence-corrected chi connectivity index (χ1v) is 7.71. The number of carbonyl (C=O) groups excluding carboxylic acids is 2. The number of halogens is 2. The molecular weight excluding hydrogens is 363 g/mol. The van der Waals surface area contributed by atoms with Crippen molar-refractivity contribution in [3.05, 3.63) is 69.4 Å². The van der Waals surface area contributed by atoms with Crippen LogP contribution in [0.4, 0.5) is 4.39 Å². The van der Waals surface area contributed by atoms with Crippen molar-refractivity contribution >= 4 is 27.7 Å². The van der Waals surface area contributed by atoms with Gasteiger partial charge in [-0.3, -0.25) is 9.59 Å². The summed E-state index contributed by atoms with van der Waals surface area (Å²) >= 11 is 3.21. The molecule has 4 nitrogen and oxygen atoms in total. The van der Waals surface area contributed by atoms with Crippen LogP contribution in [-0.2, 0) is 6.54 Å². The van der Waals surface area contributed by atoms with Crippen molar-refractivity contribution < 1.29 is 14.0 Å². The van der Waals surface area contributed by atoms with E-state index in [1.807, 2.05) is 0 Å². The molecule has 0 aliphatic carbocycles. The normalized spacial score (nSPS) is 10.3. The minimum Gasteiger partial charge on any atom is -0.348 e. The monoisotopic (exact) mass is 378 g/mol. The average Bonchev–Trinajstić information content (AvgIpc) is 2.54. The molecule has 0 atom stereocenters. The Morgan fingerprint density at radius 1 is 1.17 bits per heavy atom. The highest BCUT2D eigenvalue weighted by atomic mass is 79.9. The van der Waals surface area contributed by atoms with E-state index in [0.717, 1.165) is 5.56 Å². The molecular formula is C17H16BrFN2O2. The molecule has 120 valence electrons. The molecule has 0 aliphatic rings. The number of nitrogens with one attached hydrogen (secondary N) is 1. The second kappa shape index (κ2) is 7.37. The molecule has 0 unspecified atom stereocenters. The van der Waals surface area contributed by atoms with Crippen molar-refractivity contribution in [2.24, 2.45) is 0 Å². The van der Waals surface area contributed by atoms with E-state index in [4.69, 9.17) is 0 Å². The van der Waals surface area contributed by atoms with E-state index in [1.54, 1.807) is 38.4 Å². The zero-order chi connectivity index (χ0) is 17.0. The number of amides is 2. The molecule has 0 aliphatic heterocycles. The van der Waals surface area contributed by atoms with Crippen LogP contribution in [0.1, 0.15) is 26.3 Å². The highest BCUT2D eigenvalue weighted by Gasteiger charge is 2.13. The van der Waals surface area contributed by atoms with Gasteiger partial charge in [-0.2, -0.15) is 0 Å². The molecule has 0 bridgehead atoms. The number of hydrogen-bond donors (Lipinski definition) is 1. The molecule has 0 aromatic heterocycles. The van der Waals surface area contributed by atoms with Crippen LogP contribution in [0.5, 0.6) is 0 Å². The lowest BCUT2D eigenvalue weighted by molar-refractivity contribution is 0.0827. The summed E-state index contributed by atoms with van der Waals surface area (Å²) < 4.78 is 14.3. The Bertz CT molecular complexity index is 747. The van der Waals surface area contributed by atoms with Crippen LogP contribution in [0, 0.1) is 5.82 Å². The van der Waals surface area contributed by atoms with E-state index >= 15 is 0 Å². The zero-order valence-corrected chi connectivity index (χ0v) is 14.4. The SMILES string of the molecule is CN(C)C(=O)c1cccc(CNC(=O)c2cc(Br)ccc2F)c1. The van der Waals surface area contributed by atoms with Gasteiger partial charge in [0.15, 0.2) is 0 Å². The van der Waals surface area contributed by atoms with Crippen LogP contribution < -0.4 is 5.32 Å². The maximum absolute atomic E-state index is 13.7. The lowest BCUT2D eigenvalue weighted by Gasteiger charge is -2.12. The summed E-state index contributed by atoms with van der Waals surface area (Å²) in [5, 5.41) is 2.65. The van der Waals surface area contributed by atoms with Gasteiger partial charge in [0, 0.05) is 30.7 Å². The number of carbonyl (C=O) groups is 2. The first-order valence-electron chi connectivity index (χ1n) is 6.92. The van der Waals surface area contributed by atoms with Crippen molar-refractivity contribution in [2.75, 3.05) is 14.1 Å². The molecule has 0 saturated heterocycles. The summed E-state index contributed by atoms with van der Waals surface area (Å²) in [5.74, 6) is -1.20. The highest BCUT2D eigenvalue weighted by Crippen LogP contribution is 2.15. The molecule has 0 fully saturated rings. The smallest absolute Gasteiger partial charge is 0.254 e. The van der Waals surface area contributed by atoms with Gasteiger partial charge in [0.25, 0.3) is 11.8 Å². The second-order valence-electron chi connectivity index (χ2n) is 5.21. The van der Waals surface area contributed by atoms with E-state index in [1.165, 1.54) is 23.1 Å². The number of benzene rings is 2. The molecule has 23 heavy (non-hydrogen) atoms. The summed E-state index contributed by atoms with van der Waals surface area (Å²) in [6.45, 7) is 0.208. The fraction of sp³-hybridized carbons (Fsp3) is 0.176. The van der Waals surface area contributed by atoms with E-state index < -0.39 is 11.7 Å². The van der Waals surface area contributed by atoms with Crippen molar-refractivity contribution in [3.63, 3.8) is 0 Å². The Kier molecular flexibility index (Phi) is 5.50. The Morgan fingerprint density at radius 3 is 2.61 bits per heavy atom. The van der Waals surface area contributed by atoms with Crippen LogP contribution in [0.2, 0.25) is 0 Å². The van der Waals surface area contributed by atoms with Crippen LogP contribution in [0.3, 0.4) is 0 Å². The lowest BCUT2D eigenvalue weighted by atomic mass is 10.1. The third kappa shape index (κ3) is 4.39. The van der Waals surface area contributed by atoms with Crippen molar-refractivity contribution in [1.82, 2.24) is 10.2 Å². The lowest BCUT2D eigenvalue weighted by Crippen LogP contribution is -2.25. The Labute approximate surface area is 142 Å². The van der Waals surface area contributed by atoms with Gasteiger partial charge in [-0.15, -0.1) is 0 Å². The van der Waals surface area contributed by atoms with Gasteiger partial charge in [0.05, 0.1) is 5.56 Å². The maximum atomic E-state index is 13.7. The van der Waals surface area contributed by atoms with Crippen molar-refractivity contribution in [2.45, 2.75) is 6.54 Å². The molecule has 0 spiro atoms. The van der Waals surface area contributed by atoms with Crippen molar-refractivity contribution in [3.8, 4) is 0 Å². The topological polar surface area (TPSA) is 49.4 Å². The van der Waals surface area contributed by atoms with Gasteiger partial charge in [0.1, 0.15) is 5.82 Å². The average molecular weight is 379 g/mol. The molecule has 2 rings (SSSR count). The van der Waals surface area contributed by atoms with Gasteiger partial charge in [-0.25, -0.2) is 4.39 Å². The Balaban J connectivity index is 2.09. The van der Waals surface area contributed by atoms with E-state index in [-0.39, 0.29) is 18.0 Å². The van der Waals surface area contributed by atoms with Gasteiger partial charge in [-0.1, -0.05) is 28.1 Å².